The van der Waals surface area contributed by atoms with Gasteiger partial charge in [-0.25, -0.2) is 9.59 Å². The highest BCUT2D eigenvalue weighted by atomic mass is 16.5. The molecule has 0 unspecified atom stereocenters. The van der Waals surface area contributed by atoms with E-state index in [4.69, 9.17) is 9.47 Å². The van der Waals surface area contributed by atoms with E-state index in [0.29, 0.717) is 23.3 Å². The Bertz CT molecular complexity index is 999. The lowest BCUT2D eigenvalue weighted by molar-refractivity contribution is 0.0507. The Morgan fingerprint density at radius 1 is 0.767 bits per heavy atom. The molecule has 0 aliphatic rings. The fraction of sp³-hybridized carbons (Fsp3) is 0.231. The number of carbonyl (C=O) groups excluding carboxylic acids is 2. The topological polar surface area (TPSA) is 52.6 Å². The van der Waals surface area contributed by atoms with Crippen LogP contribution in [0.3, 0.4) is 0 Å². The molecule has 154 valence electrons. The minimum Gasteiger partial charge on any atom is -0.462 e. The van der Waals surface area contributed by atoms with Gasteiger partial charge in [0.15, 0.2) is 0 Å². The molecule has 0 spiro atoms. The Morgan fingerprint density at radius 2 is 1.47 bits per heavy atom. The zero-order chi connectivity index (χ0) is 21.6. The second-order valence-electron chi connectivity index (χ2n) is 8.12. The van der Waals surface area contributed by atoms with Crippen LogP contribution in [0, 0.1) is 0 Å². The van der Waals surface area contributed by atoms with Crippen molar-refractivity contribution in [1.82, 2.24) is 0 Å². The highest BCUT2D eigenvalue weighted by Gasteiger charge is 2.16. The van der Waals surface area contributed by atoms with Gasteiger partial charge in [0.25, 0.3) is 0 Å². The monoisotopic (exact) mass is 402 g/mol. The van der Waals surface area contributed by atoms with E-state index in [1.165, 1.54) is 6.07 Å². The van der Waals surface area contributed by atoms with Gasteiger partial charge in [-0.3, -0.25) is 0 Å². The number of hydrogen-bond acceptors (Lipinski definition) is 4. The molecule has 0 N–H and O–H groups in total. The summed E-state index contributed by atoms with van der Waals surface area (Å²) in [5.74, 6) is -0.610. The SMILES string of the molecule is CC(C)(C)c1ccc(C(=O)Oc2cccc(C(=O)OCCc3ccccc3)c2)cc1. The van der Waals surface area contributed by atoms with Gasteiger partial charge >= 0.3 is 11.9 Å². The summed E-state index contributed by atoms with van der Waals surface area (Å²) in [5.41, 5.74) is 3.05. The van der Waals surface area contributed by atoms with E-state index in [2.05, 4.69) is 20.8 Å². The average Bonchev–Trinajstić information content (AvgIpc) is 2.74. The van der Waals surface area contributed by atoms with E-state index in [-0.39, 0.29) is 12.0 Å². The Labute approximate surface area is 177 Å². The van der Waals surface area contributed by atoms with Crippen molar-refractivity contribution in [2.45, 2.75) is 32.6 Å². The second kappa shape index (κ2) is 9.40. The largest absolute Gasteiger partial charge is 0.462 e. The average molecular weight is 402 g/mol. The van der Waals surface area contributed by atoms with Gasteiger partial charge in [-0.15, -0.1) is 0 Å². The van der Waals surface area contributed by atoms with Crippen LogP contribution in [0.25, 0.3) is 0 Å². The van der Waals surface area contributed by atoms with Gasteiger partial charge in [0, 0.05) is 6.42 Å². The molecule has 3 aromatic carbocycles. The van der Waals surface area contributed by atoms with Crippen molar-refractivity contribution in [3.05, 3.63) is 101 Å². The highest BCUT2D eigenvalue weighted by molar-refractivity contribution is 5.92. The summed E-state index contributed by atoms with van der Waals surface area (Å²) in [7, 11) is 0. The van der Waals surface area contributed by atoms with Crippen LogP contribution in [0.1, 0.15) is 52.6 Å². The molecule has 0 amide bonds. The van der Waals surface area contributed by atoms with Crippen LogP contribution >= 0.6 is 0 Å². The molecule has 0 radical (unpaired) electrons. The minimum atomic E-state index is -0.468. The maximum absolute atomic E-state index is 12.4. The minimum absolute atomic E-state index is 0.0115. The van der Waals surface area contributed by atoms with Crippen molar-refractivity contribution in [1.29, 1.82) is 0 Å². The molecule has 0 atom stereocenters. The van der Waals surface area contributed by atoms with Crippen LogP contribution in [0.4, 0.5) is 0 Å². The summed E-state index contributed by atoms with van der Waals surface area (Å²) in [6.07, 6.45) is 0.645. The predicted molar refractivity (Wildman–Crippen MR) is 117 cm³/mol. The molecule has 30 heavy (non-hydrogen) atoms. The Hall–Kier alpha value is -3.40. The van der Waals surface area contributed by atoms with Crippen LogP contribution in [-0.2, 0) is 16.6 Å². The molecular weight excluding hydrogens is 376 g/mol. The summed E-state index contributed by atoms with van der Waals surface area (Å²) in [6, 6.07) is 23.7. The van der Waals surface area contributed by atoms with E-state index in [0.717, 1.165) is 11.1 Å². The molecule has 3 aromatic rings. The summed E-state index contributed by atoms with van der Waals surface area (Å²) < 4.78 is 10.8. The first kappa shape index (κ1) is 21.3. The Kier molecular flexibility index (Phi) is 6.68. The van der Waals surface area contributed by atoms with Gasteiger partial charge in [0.1, 0.15) is 5.75 Å². The molecule has 0 aromatic heterocycles. The normalized spacial score (nSPS) is 11.0. The van der Waals surface area contributed by atoms with Gasteiger partial charge in [-0.2, -0.15) is 0 Å². The van der Waals surface area contributed by atoms with Gasteiger partial charge in [0.05, 0.1) is 17.7 Å². The molecule has 3 rings (SSSR count). The Balaban J connectivity index is 1.59. The van der Waals surface area contributed by atoms with Crippen LogP contribution < -0.4 is 4.74 Å². The molecule has 0 fully saturated rings. The fourth-order valence-electron chi connectivity index (χ4n) is 2.95. The van der Waals surface area contributed by atoms with Gasteiger partial charge in [-0.1, -0.05) is 69.3 Å². The van der Waals surface area contributed by atoms with Gasteiger partial charge < -0.3 is 9.47 Å². The summed E-state index contributed by atoms with van der Waals surface area (Å²) >= 11 is 0. The van der Waals surface area contributed by atoms with Gasteiger partial charge in [0.2, 0.25) is 0 Å². The lowest BCUT2D eigenvalue weighted by Gasteiger charge is -2.18. The second-order valence-corrected chi connectivity index (χ2v) is 8.12. The lowest BCUT2D eigenvalue weighted by Crippen LogP contribution is -2.13. The van der Waals surface area contributed by atoms with Crippen molar-refractivity contribution >= 4 is 11.9 Å². The quantitative estimate of drug-likeness (QED) is 0.398. The number of carbonyl (C=O) groups is 2. The molecule has 0 aliphatic heterocycles. The number of rotatable bonds is 6. The zero-order valence-corrected chi connectivity index (χ0v) is 17.6. The first-order valence-corrected chi connectivity index (χ1v) is 9.97. The maximum atomic E-state index is 12.4. The molecule has 0 bridgehead atoms. The van der Waals surface area contributed by atoms with Crippen molar-refractivity contribution in [2.24, 2.45) is 0 Å². The first-order valence-electron chi connectivity index (χ1n) is 9.97. The van der Waals surface area contributed by atoms with Gasteiger partial charge in [-0.05, 0) is 46.9 Å². The molecule has 0 heterocycles. The van der Waals surface area contributed by atoms with Crippen LogP contribution in [-0.4, -0.2) is 18.5 Å². The van der Waals surface area contributed by atoms with E-state index in [1.807, 2.05) is 42.5 Å². The molecule has 0 saturated carbocycles. The van der Waals surface area contributed by atoms with Crippen molar-refractivity contribution in [2.75, 3.05) is 6.61 Å². The predicted octanol–water partition coefficient (Wildman–Crippen LogP) is 5.60. The summed E-state index contributed by atoms with van der Waals surface area (Å²) in [4.78, 5) is 24.8. The molecule has 4 heteroatoms. The Morgan fingerprint density at radius 3 is 2.13 bits per heavy atom. The maximum Gasteiger partial charge on any atom is 0.343 e. The number of benzene rings is 3. The third-order valence-corrected chi connectivity index (χ3v) is 4.73. The summed E-state index contributed by atoms with van der Waals surface area (Å²) in [5, 5.41) is 0. The van der Waals surface area contributed by atoms with Crippen molar-refractivity contribution in [3.63, 3.8) is 0 Å². The first-order chi connectivity index (χ1) is 14.3. The molecular formula is C26H26O4. The standard InChI is InChI=1S/C26H26O4/c1-26(2,3)22-14-12-20(13-15-22)25(28)30-23-11-7-10-21(18-23)24(27)29-17-16-19-8-5-4-6-9-19/h4-15,18H,16-17H2,1-3H3. The van der Waals surface area contributed by atoms with E-state index in [1.54, 1.807) is 30.3 Å². The zero-order valence-electron chi connectivity index (χ0n) is 17.6. The van der Waals surface area contributed by atoms with Crippen LogP contribution in [0.5, 0.6) is 5.75 Å². The van der Waals surface area contributed by atoms with Crippen molar-refractivity contribution in [3.8, 4) is 5.75 Å². The fourth-order valence-corrected chi connectivity index (χ4v) is 2.95. The number of ether oxygens (including phenoxy) is 2. The molecule has 0 saturated heterocycles. The third kappa shape index (κ3) is 5.80. The van der Waals surface area contributed by atoms with E-state index < -0.39 is 11.9 Å². The number of esters is 2. The lowest BCUT2D eigenvalue weighted by atomic mass is 9.87. The third-order valence-electron chi connectivity index (χ3n) is 4.73. The van der Waals surface area contributed by atoms with E-state index >= 15 is 0 Å². The highest BCUT2D eigenvalue weighted by Crippen LogP contribution is 2.23. The summed E-state index contributed by atoms with van der Waals surface area (Å²) in [6.45, 7) is 6.63. The van der Waals surface area contributed by atoms with Crippen molar-refractivity contribution < 1.29 is 19.1 Å². The number of hydrogen-bond donors (Lipinski definition) is 0. The molecule has 0 aliphatic carbocycles. The van der Waals surface area contributed by atoms with Crippen LogP contribution in [0.2, 0.25) is 0 Å². The van der Waals surface area contributed by atoms with E-state index in [9.17, 15) is 9.59 Å². The van der Waals surface area contributed by atoms with Crippen LogP contribution in [0.15, 0.2) is 78.9 Å². The smallest absolute Gasteiger partial charge is 0.343 e. The molecule has 4 nitrogen and oxygen atoms in total.